The van der Waals surface area contributed by atoms with Crippen molar-refractivity contribution in [3.05, 3.63) is 35.4 Å². The van der Waals surface area contributed by atoms with Crippen LogP contribution in [0.5, 0.6) is 0 Å². The predicted octanol–water partition coefficient (Wildman–Crippen LogP) is 3.17. The number of nitrogens with one attached hydrogen (secondary N) is 1. The van der Waals surface area contributed by atoms with E-state index in [1.54, 1.807) is 12.1 Å². The average Bonchev–Trinajstić information content (AvgIpc) is 2.82. The van der Waals surface area contributed by atoms with Crippen molar-refractivity contribution in [1.82, 2.24) is 10.2 Å². The zero-order valence-electron chi connectivity index (χ0n) is 12.3. The number of likely N-dealkylation sites (tertiary alicyclic amines) is 1. The lowest BCUT2D eigenvalue weighted by atomic mass is 10.1. The van der Waals surface area contributed by atoms with E-state index in [1.165, 1.54) is 6.07 Å². The maximum Gasteiger partial charge on any atom is 0.163 e. The van der Waals surface area contributed by atoms with Crippen LogP contribution in [0, 0.1) is 17.6 Å². The maximum absolute atomic E-state index is 13.7. The largest absolute Gasteiger partial charge is 0.315 e. The lowest BCUT2D eigenvalue weighted by Crippen LogP contribution is -2.38. The third-order valence-corrected chi connectivity index (χ3v) is 3.84. The third kappa shape index (κ3) is 4.00. The van der Waals surface area contributed by atoms with Crippen molar-refractivity contribution >= 4 is 0 Å². The molecule has 1 atom stereocenters. The third-order valence-electron chi connectivity index (χ3n) is 3.84. The number of nitrogens with zero attached hydrogens (tertiary/aromatic N) is 1. The summed E-state index contributed by atoms with van der Waals surface area (Å²) in [6.07, 6.45) is 2.26. The Labute approximate surface area is 120 Å². The molecule has 4 heteroatoms. The van der Waals surface area contributed by atoms with Crippen LogP contribution in [0.2, 0.25) is 0 Å². The molecule has 0 bridgehead atoms. The first-order valence-electron chi connectivity index (χ1n) is 7.45. The summed E-state index contributed by atoms with van der Waals surface area (Å²) in [7, 11) is 0. The van der Waals surface area contributed by atoms with Gasteiger partial charge in [0.1, 0.15) is 0 Å². The normalized spacial score (nSPS) is 19.9. The molecule has 0 aromatic heterocycles. The highest BCUT2D eigenvalue weighted by atomic mass is 19.2. The summed E-state index contributed by atoms with van der Waals surface area (Å²) < 4.78 is 27.0. The van der Waals surface area contributed by atoms with Gasteiger partial charge in [-0.25, -0.2) is 8.78 Å². The van der Waals surface area contributed by atoms with Gasteiger partial charge in [0.15, 0.2) is 11.6 Å². The van der Waals surface area contributed by atoms with Gasteiger partial charge >= 0.3 is 0 Å². The number of benzene rings is 1. The topological polar surface area (TPSA) is 15.3 Å². The Hall–Kier alpha value is -1.00. The van der Waals surface area contributed by atoms with E-state index in [-0.39, 0.29) is 0 Å². The highest BCUT2D eigenvalue weighted by molar-refractivity contribution is 5.19. The molecule has 1 fully saturated rings. The fraction of sp³-hybridized carbons (Fsp3) is 0.625. The summed E-state index contributed by atoms with van der Waals surface area (Å²) in [4.78, 5) is 2.26. The van der Waals surface area contributed by atoms with E-state index in [4.69, 9.17) is 0 Å². The van der Waals surface area contributed by atoms with E-state index in [0.29, 0.717) is 24.1 Å². The summed E-state index contributed by atoms with van der Waals surface area (Å²) in [6, 6.07) is 4.85. The second kappa shape index (κ2) is 7.14. The molecule has 0 spiro atoms. The molecule has 1 aromatic carbocycles. The van der Waals surface area contributed by atoms with Gasteiger partial charge in [-0.15, -0.1) is 0 Å². The fourth-order valence-electron chi connectivity index (χ4n) is 2.76. The van der Waals surface area contributed by atoms with Gasteiger partial charge in [-0.05, 0) is 37.9 Å². The molecule has 2 rings (SSSR count). The number of halogens is 2. The number of hydrogen-bond donors (Lipinski definition) is 1. The molecule has 0 radical (unpaired) electrons. The molecule has 1 N–H and O–H groups in total. The van der Waals surface area contributed by atoms with Gasteiger partial charge in [-0.1, -0.05) is 26.0 Å². The molecular formula is C16H24F2N2. The van der Waals surface area contributed by atoms with Crippen LogP contribution in [0.15, 0.2) is 18.2 Å². The molecule has 1 saturated heterocycles. The van der Waals surface area contributed by atoms with E-state index < -0.39 is 11.6 Å². The van der Waals surface area contributed by atoms with Crippen LogP contribution < -0.4 is 5.32 Å². The second-order valence-electron chi connectivity index (χ2n) is 6.03. The van der Waals surface area contributed by atoms with Crippen molar-refractivity contribution in [3.8, 4) is 0 Å². The summed E-state index contributed by atoms with van der Waals surface area (Å²) >= 11 is 0. The van der Waals surface area contributed by atoms with E-state index in [0.717, 1.165) is 32.5 Å². The maximum atomic E-state index is 13.7. The van der Waals surface area contributed by atoms with Crippen molar-refractivity contribution in [2.75, 3.05) is 19.6 Å². The Morgan fingerprint density at radius 1 is 1.35 bits per heavy atom. The standard InChI is InChI=1S/C16H24F2N2/c1-12(2)9-19-10-14-6-4-8-20(14)11-13-5-3-7-15(17)16(13)18/h3,5,7,12,14,19H,4,6,8-11H2,1-2H3. The van der Waals surface area contributed by atoms with Crippen LogP contribution in [0.4, 0.5) is 8.78 Å². The molecule has 1 unspecified atom stereocenters. The zero-order chi connectivity index (χ0) is 14.5. The van der Waals surface area contributed by atoms with Crippen LogP contribution in [0.3, 0.4) is 0 Å². The fourth-order valence-corrected chi connectivity index (χ4v) is 2.76. The quantitative estimate of drug-likeness (QED) is 0.862. The molecule has 112 valence electrons. The van der Waals surface area contributed by atoms with Crippen LogP contribution in [-0.4, -0.2) is 30.6 Å². The smallest absolute Gasteiger partial charge is 0.163 e. The molecule has 1 heterocycles. The van der Waals surface area contributed by atoms with Crippen molar-refractivity contribution in [3.63, 3.8) is 0 Å². The van der Waals surface area contributed by atoms with E-state index in [1.807, 2.05) is 0 Å². The highest BCUT2D eigenvalue weighted by Crippen LogP contribution is 2.21. The van der Waals surface area contributed by atoms with Gasteiger partial charge in [-0.2, -0.15) is 0 Å². The first-order valence-corrected chi connectivity index (χ1v) is 7.45. The van der Waals surface area contributed by atoms with Crippen LogP contribution >= 0.6 is 0 Å². The molecule has 20 heavy (non-hydrogen) atoms. The predicted molar refractivity (Wildman–Crippen MR) is 77.5 cm³/mol. The Balaban J connectivity index is 1.92. The zero-order valence-corrected chi connectivity index (χ0v) is 12.3. The van der Waals surface area contributed by atoms with Crippen molar-refractivity contribution in [1.29, 1.82) is 0 Å². The lowest BCUT2D eigenvalue weighted by molar-refractivity contribution is 0.234. The molecule has 1 aliphatic rings. The summed E-state index contributed by atoms with van der Waals surface area (Å²) in [6.45, 7) is 7.75. The molecular weight excluding hydrogens is 258 g/mol. The Kier molecular flexibility index (Phi) is 5.49. The van der Waals surface area contributed by atoms with Gasteiger partial charge in [0.05, 0.1) is 0 Å². The summed E-state index contributed by atoms with van der Waals surface area (Å²) in [5, 5.41) is 3.46. The Bertz CT molecular complexity index is 434. The van der Waals surface area contributed by atoms with Crippen LogP contribution in [0.1, 0.15) is 32.3 Å². The first-order chi connectivity index (χ1) is 9.58. The van der Waals surface area contributed by atoms with Gasteiger partial charge in [0.2, 0.25) is 0 Å². The summed E-state index contributed by atoms with van der Waals surface area (Å²) in [5.41, 5.74) is 0.459. The van der Waals surface area contributed by atoms with Crippen LogP contribution in [-0.2, 0) is 6.54 Å². The molecule has 2 nitrogen and oxygen atoms in total. The van der Waals surface area contributed by atoms with Gasteiger partial charge < -0.3 is 5.32 Å². The lowest BCUT2D eigenvalue weighted by Gasteiger charge is -2.25. The molecule has 1 aromatic rings. The monoisotopic (exact) mass is 282 g/mol. The molecule has 0 saturated carbocycles. The SMILES string of the molecule is CC(C)CNCC1CCCN1Cc1cccc(F)c1F. The minimum Gasteiger partial charge on any atom is -0.315 e. The minimum atomic E-state index is -0.754. The van der Waals surface area contributed by atoms with E-state index in [9.17, 15) is 8.78 Å². The number of hydrogen-bond acceptors (Lipinski definition) is 2. The van der Waals surface area contributed by atoms with Crippen molar-refractivity contribution < 1.29 is 8.78 Å². The van der Waals surface area contributed by atoms with E-state index in [2.05, 4.69) is 24.1 Å². The molecule has 1 aliphatic heterocycles. The Morgan fingerprint density at radius 2 is 2.15 bits per heavy atom. The molecule has 0 amide bonds. The van der Waals surface area contributed by atoms with Crippen molar-refractivity contribution in [2.24, 2.45) is 5.92 Å². The minimum absolute atomic E-state index is 0.427. The number of rotatable bonds is 6. The molecule has 0 aliphatic carbocycles. The second-order valence-corrected chi connectivity index (χ2v) is 6.03. The van der Waals surface area contributed by atoms with Crippen molar-refractivity contribution in [2.45, 2.75) is 39.3 Å². The van der Waals surface area contributed by atoms with Gasteiger partial charge in [-0.3, -0.25) is 4.90 Å². The summed E-state index contributed by atoms with van der Waals surface area (Å²) in [5.74, 6) is -0.824. The average molecular weight is 282 g/mol. The van der Waals surface area contributed by atoms with Gasteiger partial charge in [0, 0.05) is 24.7 Å². The Morgan fingerprint density at radius 3 is 2.90 bits per heavy atom. The highest BCUT2D eigenvalue weighted by Gasteiger charge is 2.25. The van der Waals surface area contributed by atoms with E-state index >= 15 is 0 Å². The van der Waals surface area contributed by atoms with Gasteiger partial charge in [0.25, 0.3) is 0 Å². The van der Waals surface area contributed by atoms with Crippen LogP contribution in [0.25, 0.3) is 0 Å². The first kappa shape index (κ1) is 15.4.